The first kappa shape index (κ1) is 24.8. The molecule has 3 heterocycles. The Balaban J connectivity index is 1.29. The molecule has 2 heteroatoms. The maximum atomic E-state index is 4.16. The summed E-state index contributed by atoms with van der Waals surface area (Å²) in [5.41, 5.74) is 13.2. The Hall–Kier alpha value is -5.73. The molecule has 9 rings (SSSR count). The van der Waals surface area contributed by atoms with Gasteiger partial charge in [0.25, 0.3) is 0 Å². The van der Waals surface area contributed by atoms with Crippen LogP contribution in [0, 0.1) is 0 Å². The maximum Gasteiger partial charge on any atom is 0.0742 e. The Labute approximate surface area is 256 Å². The molecular formula is C42H28N2. The third kappa shape index (κ3) is 3.46. The van der Waals surface area contributed by atoms with Crippen LogP contribution in [0.2, 0.25) is 0 Å². The van der Waals surface area contributed by atoms with Crippen molar-refractivity contribution in [1.82, 2.24) is 9.55 Å². The highest BCUT2D eigenvalue weighted by Gasteiger charge is 2.45. The molecule has 6 aromatic carbocycles. The van der Waals surface area contributed by atoms with Crippen molar-refractivity contribution in [2.75, 3.05) is 0 Å². The fourth-order valence-corrected chi connectivity index (χ4v) is 7.49. The van der Waals surface area contributed by atoms with E-state index in [9.17, 15) is 0 Å². The highest BCUT2D eigenvalue weighted by Crippen LogP contribution is 2.54. The van der Waals surface area contributed by atoms with E-state index in [2.05, 4.69) is 167 Å². The van der Waals surface area contributed by atoms with Gasteiger partial charge in [0.05, 0.1) is 22.1 Å². The summed E-state index contributed by atoms with van der Waals surface area (Å²) in [4.78, 5) is 4.16. The number of benzene rings is 6. The van der Waals surface area contributed by atoms with Gasteiger partial charge in [-0.15, -0.1) is 0 Å². The molecule has 8 aromatic rings. The van der Waals surface area contributed by atoms with Gasteiger partial charge < -0.3 is 4.57 Å². The zero-order valence-electron chi connectivity index (χ0n) is 24.1. The maximum absolute atomic E-state index is 4.16. The Morgan fingerprint density at radius 2 is 0.955 bits per heavy atom. The first-order chi connectivity index (χ1) is 21.8. The zero-order valence-corrected chi connectivity index (χ0v) is 24.1. The van der Waals surface area contributed by atoms with E-state index in [4.69, 9.17) is 0 Å². The fourth-order valence-electron chi connectivity index (χ4n) is 7.49. The van der Waals surface area contributed by atoms with E-state index < -0.39 is 5.41 Å². The summed E-state index contributed by atoms with van der Waals surface area (Å²) in [6.45, 7) is 0. The molecule has 0 N–H and O–H groups in total. The predicted molar refractivity (Wildman–Crippen MR) is 181 cm³/mol. The van der Waals surface area contributed by atoms with Crippen LogP contribution in [0.15, 0.2) is 170 Å². The van der Waals surface area contributed by atoms with Crippen LogP contribution in [0.4, 0.5) is 0 Å². The van der Waals surface area contributed by atoms with Crippen LogP contribution in [0.1, 0.15) is 22.3 Å². The molecule has 1 atom stereocenters. The van der Waals surface area contributed by atoms with Gasteiger partial charge in [-0.25, -0.2) is 0 Å². The molecule has 1 aliphatic heterocycles. The summed E-state index contributed by atoms with van der Waals surface area (Å²) >= 11 is 0. The van der Waals surface area contributed by atoms with Crippen LogP contribution < -0.4 is 0 Å². The smallest absolute Gasteiger partial charge is 0.0742 e. The van der Waals surface area contributed by atoms with Gasteiger partial charge in [-0.1, -0.05) is 133 Å². The number of para-hydroxylation sites is 3. The van der Waals surface area contributed by atoms with Crippen molar-refractivity contribution >= 4 is 21.8 Å². The summed E-state index contributed by atoms with van der Waals surface area (Å²) in [5, 5.41) is 2.58. The monoisotopic (exact) mass is 560 g/mol. The Morgan fingerprint density at radius 1 is 0.409 bits per heavy atom. The minimum atomic E-state index is -0.481. The van der Waals surface area contributed by atoms with Crippen LogP contribution >= 0.6 is 0 Å². The lowest BCUT2D eigenvalue weighted by molar-refractivity contribution is 0.728. The topological polar surface area (TPSA) is 17.8 Å². The van der Waals surface area contributed by atoms with Crippen molar-refractivity contribution in [2.24, 2.45) is 0 Å². The first-order valence-corrected chi connectivity index (χ1v) is 15.1. The van der Waals surface area contributed by atoms with Gasteiger partial charge in [-0.05, 0) is 68.8 Å². The van der Waals surface area contributed by atoms with Gasteiger partial charge in [0, 0.05) is 23.2 Å². The lowest BCUT2D eigenvalue weighted by Gasteiger charge is -2.41. The third-order valence-corrected chi connectivity index (χ3v) is 9.40. The van der Waals surface area contributed by atoms with Crippen LogP contribution in [-0.4, -0.2) is 9.55 Å². The number of fused-ring (bicyclic) bond motifs is 5. The van der Waals surface area contributed by atoms with E-state index in [-0.39, 0.29) is 0 Å². The highest BCUT2D eigenvalue weighted by molar-refractivity contribution is 6.12. The lowest BCUT2D eigenvalue weighted by atomic mass is 9.63. The first-order valence-electron chi connectivity index (χ1n) is 15.1. The van der Waals surface area contributed by atoms with E-state index in [1.165, 1.54) is 72.0 Å². The minimum absolute atomic E-state index is 0.481. The minimum Gasteiger partial charge on any atom is -0.309 e. The highest BCUT2D eigenvalue weighted by atomic mass is 15.0. The van der Waals surface area contributed by atoms with E-state index in [0.717, 1.165) is 0 Å². The number of pyridine rings is 1. The number of hydrogen-bond acceptors (Lipinski definition) is 1. The molecule has 2 nitrogen and oxygen atoms in total. The van der Waals surface area contributed by atoms with Gasteiger partial charge in [-0.3, -0.25) is 4.98 Å². The fraction of sp³-hybridized carbons (Fsp3) is 0.0238. The largest absolute Gasteiger partial charge is 0.309 e. The van der Waals surface area contributed by atoms with Crippen molar-refractivity contribution in [3.05, 3.63) is 192 Å². The summed E-state index contributed by atoms with van der Waals surface area (Å²) in [6.07, 6.45) is 3.68. The van der Waals surface area contributed by atoms with Crippen LogP contribution in [-0.2, 0) is 5.41 Å². The number of hydrogen-bond donors (Lipinski definition) is 0. The Morgan fingerprint density at radius 3 is 1.70 bits per heavy atom. The van der Waals surface area contributed by atoms with Gasteiger partial charge in [0.1, 0.15) is 0 Å². The van der Waals surface area contributed by atoms with Crippen LogP contribution in [0.3, 0.4) is 0 Å². The SMILES string of the molecule is c1ccc(C2(c3ccc(-c4ccc(-c5ccncc5)cc4)cc3)c3ccccc3-n3c4ccccc4c4cccc2c43)cc1. The lowest BCUT2D eigenvalue weighted by Crippen LogP contribution is -2.35. The van der Waals surface area contributed by atoms with Crippen molar-refractivity contribution < 1.29 is 0 Å². The Kier molecular flexibility index (Phi) is 5.45. The molecule has 206 valence electrons. The number of rotatable bonds is 4. The second-order valence-electron chi connectivity index (χ2n) is 11.6. The molecular weight excluding hydrogens is 532 g/mol. The molecule has 2 aromatic heterocycles. The zero-order chi connectivity index (χ0) is 29.1. The average Bonchev–Trinajstić information content (AvgIpc) is 3.45. The molecule has 44 heavy (non-hydrogen) atoms. The number of aromatic nitrogens is 2. The average molecular weight is 561 g/mol. The molecule has 0 radical (unpaired) electrons. The van der Waals surface area contributed by atoms with E-state index in [0.29, 0.717) is 0 Å². The summed E-state index contributed by atoms with van der Waals surface area (Å²) in [5.74, 6) is 0. The van der Waals surface area contributed by atoms with E-state index >= 15 is 0 Å². The molecule has 0 fully saturated rings. The summed E-state index contributed by atoms with van der Waals surface area (Å²) in [7, 11) is 0. The van der Waals surface area contributed by atoms with Crippen molar-refractivity contribution in [2.45, 2.75) is 5.41 Å². The molecule has 0 saturated heterocycles. The second-order valence-corrected chi connectivity index (χ2v) is 11.6. The number of nitrogens with zero attached hydrogens (tertiary/aromatic N) is 2. The van der Waals surface area contributed by atoms with Crippen molar-refractivity contribution in [3.8, 4) is 27.9 Å². The van der Waals surface area contributed by atoms with Crippen molar-refractivity contribution in [3.63, 3.8) is 0 Å². The second kappa shape index (κ2) is 9.65. The van der Waals surface area contributed by atoms with E-state index in [1.807, 2.05) is 12.4 Å². The van der Waals surface area contributed by atoms with Gasteiger partial charge in [0.2, 0.25) is 0 Å². The normalized spacial score (nSPS) is 15.4. The molecule has 1 aliphatic rings. The molecule has 0 bridgehead atoms. The molecule has 0 saturated carbocycles. The van der Waals surface area contributed by atoms with Gasteiger partial charge in [0.15, 0.2) is 0 Å². The van der Waals surface area contributed by atoms with Gasteiger partial charge >= 0.3 is 0 Å². The predicted octanol–water partition coefficient (Wildman–Crippen LogP) is 10.2. The van der Waals surface area contributed by atoms with Crippen LogP contribution in [0.25, 0.3) is 49.7 Å². The van der Waals surface area contributed by atoms with Gasteiger partial charge in [-0.2, -0.15) is 0 Å². The Bertz CT molecular complexity index is 2300. The molecule has 1 unspecified atom stereocenters. The third-order valence-electron chi connectivity index (χ3n) is 9.40. The molecule has 0 amide bonds. The van der Waals surface area contributed by atoms with E-state index in [1.54, 1.807) is 0 Å². The van der Waals surface area contributed by atoms with Crippen molar-refractivity contribution in [1.29, 1.82) is 0 Å². The summed E-state index contributed by atoms with van der Waals surface area (Å²) in [6, 6.07) is 57.8. The van der Waals surface area contributed by atoms with Crippen LogP contribution in [0.5, 0.6) is 0 Å². The quantitative estimate of drug-likeness (QED) is 0.209. The standard InChI is InChI=1S/C42H28N2/c1-2-9-33(10-3-1)42(34-23-21-31(22-24-34)29-17-19-30(20-18-29)32-25-27-43-28-26-32)37-13-5-7-16-40(37)44-39-15-6-4-11-35(39)36-12-8-14-38(42)41(36)44/h1-28H. The molecule has 0 spiro atoms. The summed E-state index contributed by atoms with van der Waals surface area (Å²) < 4.78 is 2.48. The molecule has 0 aliphatic carbocycles.